The lowest BCUT2D eigenvalue weighted by atomic mass is 9.95. The number of pyridine rings is 1. The molecular weight excluding hydrogens is 312 g/mol. The molecule has 0 amide bonds. The van der Waals surface area contributed by atoms with Crippen LogP contribution in [0.2, 0.25) is 0 Å². The van der Waals surface area contributed by atoms with Gasteiger partial charge in [0.25, 0.3) is 0 Å². The molecule has 0 saturated heterocycles. The second-order valence-electron chi connectivity index (χ2n) is 5.10. The third kappa shape index (κ3) is 3.28. The summed E-state index contributed by atoms with van der Waals surface area (Å²) in [6.07, 6.45) is 4.93. The molecule has 0 radical (unpaired) electrons. The van der Waals surface area contributed by atoms with Gasteiger partial charge < -0.3 is 5.32 Å². The standard InChI is InChI=1S/C17H21BrN2/c1-4-9-20-17(15-11-19-10-8-12(15)2)14-7-5-6-13(3)16(14)18/h5-8,10-11,17,20H,4,9H2,1-3H3. The summed E-state index contributed by atoms with van der Waals surface area (Å²) in [7, 11) is 0. The molecule has 2 rings (SSSR count). The van der Waals surface area contributed by atoms with E-state index in [-0.39, 0.29) is 6.04 Å². The first kappa shape index (κ1) is 15.2. The van der Waals surface area contributed by atoms with Gasteiger partial charge in [0.1, 0.15) is 0 Å². The van der Waals surface area contributed by atoms with Crippen molar-refractivity contribution in [2.45, 2.75) is 33.2 Å². The van der Waals surface area contributed by atoms with Crippen LogP contribution in [0.15, 0.2) is 41.1 Å². The second-order valence-corrected chi connectivity index (χ2v) is 5.89. The zero-order valence-electron chi connectivity index (χ0n) is 12.3. The Balaban J connectivity index is 2.47. The van der Waals surface area contributed by atoms with Gasteiger partial charge in [-0.2, -0.15) is 0 Å². The first-order valence-electron chi connectivity index (χ1n) is 7.04. The highest BCUT2D eigenvalue weighted by Crippen LogP contribution is 2.31. The van der Waals surface area contributed by atoms with E-state index in [1.807, 2.05) is 12.4 Å². The summed E-state index contributed by atoms with van der Waals surface area (Å²) in [6.45, 7) is 7.44. The van der Waals surface area contributed by atoms with Crippen LogP contribution < -0.4 is 5.32 Å². The van der Waals surface area contributed by atoms with Crippen LogP contribution in [0.4, 0.5) is 0 Å². The van der Waals surface area contributed by atoms with Gasteiger partial charge in [0.2, 0.25) is 0 Å². The predicted molar refractivity (Wildman–Crippen MR) is 88.0 cm³/mol. The van der Waals surface area contributed by atoms with E-state index in [0.29, 0.717) is 0 Å². The lowest BCUT2D eigenvalue weighted by Crippen LogP contribution is -2.24. The fourth-order valence-electron chi connectivity index (χ4n) is 2.35. The van der Waals surface area contributed by atoms with Crippen molar-refractivity contribution in [1.29, 1.82) is 0 Å². The predicted octanol–water partition coefficient (Wildman–Crippen LogP) is 4.55. The van der Waals surface area contributed by atoms with Crippen molar-refractivity contribution in [1.82, 2.24) is 10.3 Å². The Labute approximate surface area is 129 Å². The number of hydrogen-bond acceptors (Lipinski definition) is 2. The summed E-state index contributed by atoms with van der Waals surface area (Å²) in [5.74, 6) is 0. The van der Waals surface area contributed by atoms with Crippen LogP contribution in [0.1, 0.15) is 41.6 Å². The molecular formula is C17H21BrN2. The molecule has 0 fully saturated rings. The summed E-state index contributed by atoms with van der Waals surface area (Å²) < 4.78 is 1.18. The Morgan fingerprint density at radius 3 is 2.65 bits per heavy atom. The first-order chi connectivity index (χ1) is 9.65. The van der Waals surface area contributed by atoms with Crippen molar-refractivity contribution in [2.75, 3.05) is 6.54 Å². The minimum Gasteiger partial charge on any atom is -0.306 e. The highest BCUT2D eigenvalue weighted by Gasteiger charge is 2.18. The molecule has 0 bridgehead atoms. The van der Waals surface area contributed by atoms with Crippen molar-refractivity contribution >= 4 is 15.9 Å². The molecule has 3 heteroatoms. The topological polar surface area (TPSA) is 24.9 Å². The third-order valence-corrected chi connectivity index (χ3v) is 4.60. The fourth-order valence-corrected chi connectivity index (χ4v) is 2.84. The molecule has 0 saturated carbocycles. The molecule has 2 nitrogen and oxygen atoms in total. The van der Waals surface area contributed by atoms with E-state index in [4.69, 9.17) is 0 Å². The number of halogens is 1. The summed E-state index contributed by atoms with van der Waals surface area (Å²) in [4.78, 5) is 4.30. The summed E-state index contributed by atoms with van der Waals surface area (Å²) in [5, 5.41) is 3.64. The molecule has 1 N–H and O–H groups in total. The molecule has 0 aliphatic heterocycles. The van der Waals surface area contributed by atoms with Crippen LogP contribution in [-0.2, 0) is 0 Å². The largest absolute Gasteiger partial charge is 0.306 e. The molecule has 2 aromatic rings. The minimum atomic E-state index is 0.179. The van der Waals surface area contributed by atoms with E-state index in [0.717, 1.165) is 13.0 Å². The lowest BCUT2D eigenvalue weighted by molar-refractivity contribution is 0.592. The summed E-state index contributed by atoms with van der Waals surface area (Å²) >= 11 is 3.73. The Morgan fingerprint density at radius 2 is 1.95 bits per heavy atom. The summed E-state index contributed by atoms with van der Waals surface area (Å²) in [6, 6.07) is 8.66. The van der Waals surface area contributed by atoms with Gasteiger partial charge in [-0.1, -0.05) is 41.1 Å². The minimum absolute atomic E-state index is 0.179. The van der Waals surface area contributed by atoms with Crippen LogP contribution in [0.3, 0.4) is 0 Å². The molecule has 1 aromatic carbocycles. The van der Waals surface area contributed by atoms with Crippen LogP contribution in [-0.4, -0.2) is 11.5 Å². The second kappa shape index (κ2) is 7.00. The maximum atomic E-state index is 4.30. The van der Waals surface area contributed by atoms with Crippen LogP contribution >= 0.6 is 15.9 Å². The Bertz CT molecular complexity index is 581. The van der Waals surface area contributed by atoms with Gasteiger partial charge in [0, 0.05) is 16.9 Å². The summed E-state index contributed by atoms with van der Waals surface area (Å²) in [5.41, 5.74) is 5.04. The van der Waals surface area contributed by atoms with Crippen molar-refractivity contribution in [3.05, 3.63) is 63.4 Å². The van der Waals surface area contributed by atoms with Gasteiger partial charge >= 0.3 is 0 Å². The van der Waals surface area contributed by atoms with E-state index in [1.54, 1.807) is 0 Å². The third-order valence-electron chi connectivity index (χ3n) is 3.52. The average molecular weight is 333 g/mol. The van der Waals surface area contributed by atoms with Crippen molar-refractivity contribution in [3.63, 3.8) is 0 Å². The first-order valence-corrected chi connectivity index (χ1v) is 7.83. The molecule has 1 unspecified atom stereocenters. The van der Waals surface area contributed by atoms with Gasteiger partial charge in [-0.05, 0) is 55.1 Å². The van der Waals surface area contributed by atoms with E-state index in [9.17, 15) is 0 Å². The number of aromatic nitrogens is 1. The fraction of sp³-hybridized carbons (Fsp3) is 0.353. The van der Waals surface area contributed by atoms with Crippen LogP contribution in [0.25, 0.3) is 0 Å². The number of benzene rings is 1. The zero-order chi connectivity index (χ0) is 14.5. The van der Waals surface area contributed by atoms with Crippen molar-refractivity contribution < 1.29 is 0 Å². The lowest BCUT2D eigenvalue weighted by Gasteiger charge is -2.23. The maximum Gasteiger partial charge on any atom is 0.0605 e. The van der Waals surface area contributed by atoms with Crippen LogP contribution in [0.5, 0.6) is 0 Å². The van der Waals surface area contributed by atoms with E-state index >= 15 is 0 Å². The van der Waals surface area contributed by atoms with Gasteiger partial charge in [-0.15, -0.1) is 0 Å². The van der Waals surface area contributed by atoms with Gasteiger partial charge in [-0.3, -0.25) is 4.98 Å². The number of aryl methyl sites for hydroxylation is 2. The average Bonchev–Trinajstić information content (AvgIpc) is 2.45. The van der Waals surface area contributed by atoms with E-state index in [1.165, 1.54) is 26.7 Å². The smallest absolute Gasteiger partial charge is 0.0605 e. The maximum absolute atomic E-state index is 4.30. The zero-order valence-corrected chi connectivity index (χ0v) is 13.9. The number of rotatable bonds is 5. The monoisotopic (exact) mass is 332 g/mol. The van der Waals surface area contributed by atoms with E-state index < -0.39 is 0 Å². The molecule has 106 valence electrons. The molecule has 0 aliphatic carbocycles. The molecule has 1 heterocycles. The SMILES string of the molecule is CCCNC(c1cnccc1C)c1cccc(C)c1Br. The van der Waals surface area contributed by atoms with Crippen molar-refractivity contribution in [2.24, 2.45) is 0 Å². The van der Waals surface area contributed by atoms with E-state index in [2.05, 4.69) is 71.3 Å². The molecule has 0 aliphatic rings. The van der Waals surface area contributed by atoms with Gasteiger partial charge in [0.05, 0.1) is 6.04 Å². The number of nitrogens with one attached hydrogen (secondary N) is 1. The van der Waals surface area contributed by atoms with Gasteiger partial charge in [-0.25, -0.2) is 0 Å². The molecule has 1 atom stereocenters. The molecule has 1 aromatic heterocycles. The number of hydrogen-bond donors (Lipinski definition) is 1. The van der Waals surface area contributed by atoms with Crippen molar-refractivity contribution in [3.8, 4) is 0 Å². The molecule has 0 spiro atoms. The van der Waals surface area contributed by atoms with Crippen LogP contribution in [0, 0.1) is 13.8 Å². The quantitative estimate of drug-likeness (QED) is 0.868. The molecule has 20 heavy (non-hydrogen) atoms. The Hall–Kier alpha value is -1.19. The highest BCUT2D eigenvalue weighted by atomic mass is 79.9. The Morgan fingerprint density at radius 1 is 1.15 bits per heavy atom. The van der Waals surface area contributed by atoms with Gasteiger partial charge in [0.15, 0.2) is 0 Å². The highest BCUT2D eigenvalue weighted by molar-refractivity contribution is 9.10. The number of nitrogens with zero attached hydrogens (tertiary/aromatic N) is 1. The normalized spacial score (nSPS) is 12.4. The Kier molecular flexibility index (Phi) is 5.32.